The van der Waals surface area contributed by atoms with Gasteiger partial charge < -0.3 is 9.47 Å². The first-order valence-electron chi connectivity index (χ1n) is 6.98. The Morgan fingerprint density at radius 1 is 1.05 bits per heavy atom. The van der Waals surface area contributed by atoms with E-state index in [1.54, 1.807) is 4.90 Å². The molecule has 106 valence electrons. The van der Waals surface area contributed by atoms with Crippen molar-refractivity contribution < 1.29 is 4.79 Å². The zero-order valence-corrected chi connectivity index (χ0v) is 12.5. The molecule has 0 saturated heterocycles. The first kappa shape index (κ1) is 14.4. The molecule has 1 aromatic heterocycles. The van der Waals surface area contributed by atoms with Crippen molar-refractivity contribution in [2.45, 2.75) is 33.4 Å². The average Bonchev–Trinajstić information content (AvgIpc) is 2.76. The van der Waals surface area contributed by atoms with Gasteiger partial charge in [-0.1, -0.05) is 30.3 Å². The number of hydrogen-bond acceptors (Lipinski definition) is 1. The smallest absolute Gasteiger partial charge is 0.224 e. The molecule has 0 aliphatic carbocycles. The highest BCUT2D eigenvalue weighted by atomic mass is 16.2. The number of amides is 1. The highest BCUT2D eigenvalue weighted by Crippen LogP contribution is 2.09. The molecule has 0 spiro atoms. The van der Waals surface area contributed by atoms with Gasteiger partial charge >= 0.3 is 0 Å². The van der Waals surface area contributed by atoms with Crippen LogP contribution in [-0.4, -0.2) is 22.4 Å². The summed E-state index contributed by atoms with van der Waals surface area (Å²) in [6, 6.07) is 14.3. The second-order valence-electron chi connectivity index (χ2n) is 5.25. The Morgan fingerprint density at radius 2 is 1.65 bits per heavy atom. The van der Waals surface area contributed by atoms with E-state index in [1.807, 2.05) is 37.4 Å². The Morgan fingerprint density at radius 3 is 2.25 bits per heavy atom. The van der Waals surface area contributed by atoms with Gasteiger partial charge in [0, 0.05) is 37.9 Å². The van der Waals surface area contributed by atoms with E-state index in [2.05, 4.69) is 30.5 Å². The van der Waals surface area contributed by atoms with E-state index < -0.39 is 0 Å². The highest BCUT2D eigenvalue weighted by molar-refractivity contribution is 5.75. The van der Waals surface area contributed by atoms with Crippen molar-refractivity contribution >= 4 is 5.91 Å². The van der Waals surface area contributed by atoms with E-state index in [1.165, 1.54) is 11.4 Å². The summed E-state index contributed by atoms with van der Waals surface area (Å²) in [5.74, 6) is 0.182. The van der Waals surface area contributed by atoms with Crippen molar-refractivity contribution in [3.63, 3.8) is 0 Å². The Hall–Kier alpha value is -2.03. The van der Waals surface area contributed by atoms with Crippen LogP contribution in [-0.2, 0) is 17.9 Å². The lowest BCUT2D eigenvalue weighted by molar-refractivity contribution is -0.130. The Kier molecular flexibility index (Phi) is 4.61. The molecule has 1 amide bonds. The molecule has 2 aromatic rings. The zero-order valence-electron chi connectivity index (χ0n) is 12.5. The summed E-state index contributed by atoms with van der Waals surface area (Å²) in [6.45, 7) is 5.57. The number of benzene rings is 1. The molecule has 0 fully saturated rings. The minimum absolute atomic E-state index is 0.182. The van der Waals surface area contributed by atoms with E-state index in [9.17, 15) is 4.79 Å². The van der Waals surface area contributed by atoms with Gasteiger partial charge in [-0.05, 0) is 31.5 Å². The number of nitrogens with zero attached hydrogens (tertiary/aromatic N) is 2. The number of carbonyl (C=O) groups excluding carboxylic acids is 1. The lowest BCUT2D eigenvalue weighted by atomic mass is 10.2. The van der Waals surface area contributed by atoms with Crippen LogP contribution >= 0.6 is 0 Å². The van der Waals surface area contributed by atoms with Gasteiger partial charge in [0.2, 0.25) is 5.91 Å². The first-order valence-corrected chi connectivity index (χ1v) is 6.98. The lowest BCUT2D eigenvalue weighted by Gasteiger charge is -2.18. The fourth-order valence-electron chi connectivity index (χ4n) is 2.40. The lowest BCUT2D eigenvalue weighted by Crippen LogP contribution is -2.27. The Labute approximate surface area is 120 Å². The maximum atomic E-state index is 12.2. The number of hydrogen-bond donors (Lipinski definition) is 0. The van der Waals surface area contributed by atoms with Gasteiger partial charge in [-0.2, -0.15) is 0 Å². The van der Waals surface area contributed by atoms with Crippen LogP contribution in [0.3, 0.4) is 0 Å². The van der Waals surface area contributed by atoms with Gasteiger partial charge in [0.1, 0.15) is 0 Å². The molecule has 1 aromatic carbocycles. The van der Waals surface area contributed by atoms with Crippen LogP contribution in [0.2, 0.25) is 0 Å². The van der Waals surface area contributed by atoms with E-state index >= 15 is 0 Å². The van der Waals surface area contributed by atoms with Crippen LogP contribution in [0.15, 0.2) is 42.5 Å². The van der Waals surface area contributed by atoms with E-state index in [4.69, 9.17) is 0 Å². The van der Waals surface area contributed by atoms with Crippen molar-refractivity contribution in [1.29, 1.82) is 0 Å². The van der Waals surface area contributed by atoms with Crippen molar-refractivity contribution in [2.75, 3.05) is 7.05 Å². The molecule has 0 saturated carbocycles. The summed E-state index contributed by atoms with van der Waals surface area (Å²) in [4.78, 5) is 14.0. The van der Waals surface area contributed by atoms with Gasteiger partial charge in [-0.3, -0.25) is 4.79 Å². The monoisotopic (exact) mass is 270 g/mol. The van der Waals surface area contributed by atoms with Gasteiger partial charge in [-0.25, -0.2) is 0 Å². The van der Waals surface area contributed by atoms with E-state index in [0.717, 1.165) is 12.1 Å². The molecular formula is C17H22N2O. The van der Waals surface area contributed by atoms with Gasteiger partial charge in [0.25, 0.3) is 0 Å². The largest absolute Gasteiger partial charge is 0.349 e. The molecule has 2 rings (SSSR count). The Bertz CT molecular complexity index is 552. The molecule has 0 radical (unpaired) electrons. The number of aromatic nitrogens is 1. The molecule has 0 bridgehead atoms. The minimum Gasteiger partial charge on any atom is -0.349 e. The Balaban J connectivity index is 1.89. The number of rotatable bonds is 5. The predicted octanol–water partition coefficient (Wildman–Crippen LogP) is 3.15. The molecule has 1 heterocycles. The normalized spacial score (nSPS) is 10.6. The van der Waals surface area contributed by atoms with Crippen LogP contribution in [0.25, 0.3) is 0 Å². The number of aryl methyl sites for hydroxylation is 2. The molecule has 20 heavy (non-hydrogen) atoms. The predicted molar refractivity (Wildman–Crippen MR) is 81.4 cm³/mol. The summed E-state index contributed by atoms with van der Waals surface area (Å²) >= 11 is 0. The van der Waals surface area contributed by atoms with Crippen LogP contribution in [0.1, 0.15) is 23.4 Å². The quantitative estimate of drug-likeness (QED) is 0.819. The van der Waals surface area contributed by atoms with Crippen LogP contribution in [0.5, 0.6) is 0 Å². The summed E-state index contributed by atoms with van der Waals surface area (Å²) in [7, 11) is 1.87. The van der Waals surface area contributed by atoms with Gasteiger partial charge in [0.15, 0.2) is 0 Å². The summed E-state index contributed by atoms with van der Waals surface area (Å²) in [5.41, 5.74) is 3.58. The first-order chi connectivity index (χ1) is 9.58. The van der Waals surface area contributed by atoms with E-state index in [0.29, 0.717) is 13.0 Å². The fraction of sp³-hybridized carbons (Fsp3) is 0.353. The summed E-state index contributed by atoms with van der Waals surface area (Å²) in [5, 5.41) is 0. The second kappa shape index (κ2) is 6.42. The third kappa shape index (κ3) is 3.50. The topological polar surface area (TPSA) is 25.2 Å². The maximum Gasteiger partial charge on any atom is 0.224 e. The zero-order chi connectivity index (χ0) is 14.5. The molecule has 0 unspecified atom stereocenters. The minimum atomic E-state index is 0.182. The number of carbonyl (C=O) groups is 1. The highest BCUT2D eigenvalue weighted by Gasteiger charge is 2.10. The summed E-state index contributed by atoms with van der Waals surface area (Å²) < 4.78 is 2.19. The molecular weight excluding hydrogens is 248 g/mol. The van der Waals surface area contributed by atoms with Crippen LogP contribution in [0, 0.1) is 13.8 Å². The molecule has 0 aliphatic rings. The van der Waals surface area contributed by atoms with Crippen LogP contribution in [0.4, 0.5) is 0 Å². The van der Waals surface area contributed by atoms with E-state index in [-0.39, 0.29) is 5.91 Å². The van der Waals surface area contributed by atoms with Crippen molar-refractivity contribution in [3.8, 4) is 0 Å². The second-order valence-corrected chi connectivity index (χ2v) is 5.25. The molecule has 0 N–H and O–H groups in total. The summed E-state index contributed by atoms with van der Waals surface area (Å²) in [6.07, 6.45) is 0.541. The average molecular weight is 270 g/mol. The SMILES string of the molecule is Cc1ccc(C)n1CCC(=O)N(C)Cc1ccccc1. The third-order valence-electron chi connectivity index (χ3n) is 3.65. The van der Waals surface area contributed by atoms with Crippen molar-refractivity contribution in [1.82, 2.24) is 9.47 Å². The molecule has 3 heteroatoms. The van der Waals surface area contributed by atoms with Crippen molar-refractivity contribution in [3.05, 3.63) is 59.4 Å². The molecule has 0 atom stereocenters. The molecule has 0 aliphatic heterocycles. The molecule has 3 nitrogen and oxygen atoms in total. The standard InChI is InChI=1S/C17H22N2O/c1-14-9-10-15(2)19(14)12-11-17(20)18(3)13-16-7-5-4-6-8-16/h4-10H,11-13H2,1-3H3. The van der Waals surface area contributed by atoms with Gasteiger partial charge in [-0.15, -0.1) is 0 Å². The van der Waals surface area contributed by atoms with Gasteiger partial charge in [0.05, 0.1) is 0 Å². The fourth-order valence-corrected chi connectivity index (χ4v) is 2.40. The van der Waals surface area contributed by atoms with Crippen LogP contribution < -0.4 is 0 Å². The third-order valence-corrected chi connectivity index (χ3v) is 3.65. The van der Waals surface area contributed by atoms with Crippen molar-refractivity contribution in [2.24, 2.45) is 0 Å². The maximum absolute atomic E-state index is 12.2.